The summed E-state index contributed by atoms with van der Waals surface area (Å²) in [5, 5.41) is 0.578. The first kappa shape index (κ1) is 17.1. The summed E-state index contributed by atoms with van der Waals surface area (Å²) in [5.74, 6) is -0.385. The number of nitrogens with zero attached hydrogens (tertiary/aromatic N) is 3. The third-order valence-corrected chi connectivity index (χ3v) is 3.87. The fourth-order valence-electron chi connectivity index (χ4n) is 2.54. The lowest BCUT2D eigenvalue weighted by molar-refractivity contribution is 0.0700. The minimum Gasteiger partial charge on any atom is -0.451 e. The molecule has 3 aromatic rings. The molecule has 0 radical (unpaired) electrons. The summed E-state index contributed by atoms with van der Waals surface area (Å²) < 4.78 is 19.0. The van der Waals surface area contributed by atoms with Gasteiger partial charge in [0.1, 0.15) is 11.4 Å². The number of carbonyl (C=O) groups is 1. The van der Waals surface area contributed by atoms with Crippen LogP contribution >= 0.6 is 0 Å². The van der Waals surface area contributed by atoms with Crippen LogP contribution in [0.1, 0.15) is 16.2 Å². The third-order valence-electron chi connectivity index (χ3n) is 3.87. The Balaban J connectivity index is 1.85. The van der Waals surface area contributed by atoms with E-state index in [1.165, 1.54) is 18.2 Å². The maximum Gasteiger partial charge on any atom is 0.290 e. The van der Waals surface area contributed by atoms with E-state index < -0.39 is 0 Å². The Kier molecular flexibility index (Phi) is 5.09. The SMILES string of the molecule is CN(C)CCN(Cc1ccccn1)C(=O)c1cc2cc(F)ccc2o1. The van der Waals surface area contributed by atoms with E-state index in [0.29, 0.717) is 30.6 Å². The third kappa shape index (κ3) is 4.22. The smallest absolute Gasteiger partial charge is 0.290 e. The van der Waals surface area contributed by atoms with Crippen LogP contribution in [-0.2, 0) is 6.54 Å². The molecule has 2 aromatic heterocycles. The summed E-state index contributed by atoms with van der Waals surface area (Å²) in [5.41, 5.74) is 1.30. The van der Waals surface area contributed by atoms with E-state index in [4.69, 9.17) is 4.42 Å². The van der Waals surface area contributed by atoms with Gasteiger partial charge in [-0.2, -0.15) is 0 Å². The van der Waals surface area contributed by atoms with Crippen molar-refractivity contribution in [3.8, 4) is 0 Å². The van der Waals surface area contributed by atoms with E-state index in [0.717, 1.165) is 5.69 Å². The molecule has 0 saturated carbocycles. The summed E-state index contributed by atoms with van der Waals surface area (Å²) in [7, 11) is 3.90. The number of pyridine rings is 1. The van der Waals surface area contributed by atoms with Gasteiger partial charge < -0.3 is 14.2 Å². The Bertz CT molecular complexity index is 861. The summed E-state index contributed by atoms with van der Waals surface area (Å²) >= 11 is 0. The highest BCUT2D eigenvalue weighted by molar-refractivity contribution is 5.96. The van der Waals surface area contributed by atoms with Gasteiger partial charge in [0.15, 0.2) is 5.76 Å². The molecular weight excluding hydrogens is 321 g/mol. The van der Waals surface area contributed by atoms with Crippen LogP contribution < -0.4 is 0 Å². The van der Waals surface area contributed by atoms with Gasteiger partial charge in [0, 0.05) is 24.7 Å². The average Bonchev–Trinajstić information content (AvgIpc) is 3.01. The lowest BCUT2D eigenvalue weighted by Gasteiger charge is -2.23. The van der Waals surface area contributed by atoms with Gasteiger partial charge in [-0.05, 0) is 50.5 Å². The Labute approximate surface area is 145 Å². The fourth-order valence-corrected chi connectivity index (χ4v) is 2.54. The standard InChI is InChI=1S/C19H20FN3O2/c1-22(2)9-10-23(13-16-5-3-4-8-21-16)19(24)18-12-14-11-15(20)6-7-17(14)25-18/h3-8,11-12H,9-10,13H2,1-2H3. The Morgan fingerprint density at radius 2 is 2.00 bits per heavy atom. The highest BCUT2D eigenvalue weighted by Crippen LogP contribution is 2.22. The fraction of sp³-hybridized carbons (Fsp3) is 0.263. The summed E-state index contributed by atoms with van der Waals surface area (Å²) in [6, 6.07) is 11.4. The van der Waals surface area contributed by atoms with Crippen LogP contribution in [0.4, 0.5) is 4.39 Å². The Morgan fingerprint density at radius 3 is 2.72 bits per heavy atom. The zero-order valence-electron chi connectivity index (χ0n) is 14.3. The number of carbonyl (C=O) groups excluding carboxylic acids is 1. The predicted octanol–water partition coefficient (Wildman–Crippen LogP) is 3.17. The first-order chi connectivity index (χ1) is 12.0. The molecule has 0 bridgehead atoms. The van der Waals surface area contributed by atoms with Crippen molar-refractivity contribution in [3.63, 3.8) is 0 Å². The Hall–Kier alpha value is -2.73. The molecule has 0 saturated heterocycles. The number of fused-ring (bicyclic) bond motifs is 1. The molecule has 1 aromatic carbocycles. The van der Waals surface area contributed by atoms with Gasteiger partial charge in [0.25, 0.3) is 5.91 Å². The van der Waals surface area contributed by atoms with Crippen LogP contribution in [0.15, 0.2) is 53.1 Å². The van der Waals surface area contributed by atoms with Crippen LogP contribution in [0, 0.1) is 5.82 Å². The molecule has 0 fully saturated rings. The van der Waals surface area contributed by atoms with E-state index >= 15 is 0 Å². The van der Waals surface area contributed by atoms with Crippen LogP contribution in [0.5, 0.6) is 0 Å². The quantitative estimate of drug-likeness (QED) is 0.691. The van der Waals surface area contributed by atoms with Gasteiger partial charge in [0.2, 0.25) is 0 Å². The van der Waals surface area contributed by atoms with Crippen molar-refractivity contribution < 1.29 is 13.6 Å². The highest BCUT2D eigenvalue weighted by Gasteiger charge is 2.21. The number of aromatic nitrogens is 1. The largest absolute Gasteiger partial charge is 0.451 e. The van der Waals surface area contributed by atoms with Gasteiger partial charge in [-0.25, -0.2) is 4.39 Å². The number of hydrogen-bond donors (Lipinski definition) is 0. The number of hydrogen-bond acceptors (Lipinski definition) is 4. The minimum atomic E-state index is -0.356. The van der Waals surface area contributed by atoms with Crippen LogP contribution in [0.2, 0.25) is 0 Å². The molecule has 0 unspecified atom stereocenters. The van der Waals surface area contributed by atoms with Gasteiger partial charge in [-0.1, -0.05) is 6.07 Å². The van der Waals surface area contributed by atoms with Crippen molar-refractivity contribution in [3.05, 3.63) is 65.9 Å². The van der Waals surface area contributed by atoms with Crippen molar-refractivity contribution >= 4 is 16.9 Å². The molecule has 6 heteroatoms. The molecule has 25 heavy (non-hydrogen) atoms. The molecular formula is C19H20FN3O2. The lowest BCUT2D eigenvalue weighted by atomic mass is 10.2. The molecule has 0 aliphatic heterocycles. The summed E-state index contributed by atoms with van der Waals surface area (Å²) in [6.45, 7) is 1.64. The lowest BCUT2D eigenvalue weighted by Crippen LogP contribution is -2.36. The maximum atomic E-state index is 13.4. The highest BCUT2D eigenvalue weighted by atomic mass is 19.1. The van der Waals surface area contributed by atoms with Crippen molar-refractivity contribution in [1.82, 2.24) is 14.8 Å². The minimum absolute atomic E-state index is 0.204. The second kappa shape index (κ2) is 7.44. The zero-order valence-corrected chi connectivity index (χ0v) is 14.3. The monoisotopic (exact) mass is 341 g/mol. The van der Waals surface area contributed by atoms with E-state index in [2.05, 4.69) is 4.98 Å². The molecule has 2 heterocycles. The van der Waals surface area contributed by atoms with E-state index in [1.807, 2.05) is 37.2 Å². The number of halogens is 1. The number of amides is 1. The normalized spacial score (nSPS) is 11.2. The topological polar surface area (TPSA) is 49.6 Å². The van der Waals surface area contributed by atoms with Gasteiger partial charge >= 0.3 is 0 Å². The van der Waals surface area contributed by atoms with Crippen LogP contribution in [-0.4, -0.2) is 47.9 Å². The van der Waals surface area contributed by atoms with Crippen LogP contribution in [0.3, 0.4) is 0 Å². The van der Waals surface area contributed by atoms with Gasteiger partial charge in [0.05, 0.1) is 12.2 Å². The second-order valence-electron chi connectivity index (χ2n) is 6.14. The van der Waals surface area contributed by atoms with Crippen molar-refractivity contribution in [2.45, 2.75) is 6.54 Å². The average molecular weight is 341 g/mol. The summed E-state index contributed by atoms with van der Waals surface area (Å²) in [6.07, 6.45) is 1.70. The number of furan rings is 1. The molecule has 0 aliphatic carbocycles. The van der Waals surface area contributed by atoms with Crippen molar-refractivity contribution in [2.75, 3.05) is 27.2 Å². The molecule has 5 nitrogen and oxygen atoms in total. The van der Waals surface area contributed by atoms with E-state index in [-0.39, 0.29) is 17.5 Å². The first-order valence-electron chi connectivity index (χ1n) is 8.06. The predicted molar refractivity (Wildman–Crippen MR) is 93.7 cm³/mol. The van der Waals surface area contributed by atoms with Gasteiger partial charge in [-0.15, -0.1) is 0 Å². The molecule has 1 amide bonds. The molecule has 0 atom stereocenters. The maximum absolute atomic E-state index is 13.4. The van der Waals surface area contributed by atoms with E-state index in [9.17, 15) is 9.18 Å². The van der Waals surface area contributed by atoms with Crippen molar-refractivity contribution in [1.29, 1.82) is 0 Å². The first-order valence-corrected chi connectivity index (χ1v) is 8.06. The molecule has 3 rings (SSSR count). The van der Waals surface area contributed by atoms with Crippen LogP contribution in [0.25, 0.3) is 11.0 Å². The number of benzene rings is 1. The second-order valence-corrected chi connectivity index (χ2v) is 6.14. The molecule has 0 aliphatic rings. The number of rotatable bonds is 6. The van der Waals surface area contributed by atoms with Gasteiger partial charge in [-0.3, -0.25) is 9.78 Å². The zero-order chi connectivity index (χ0) is 17.8. The Morgan fingerprint density at radius 1 is 1.16 bits per heavy atom. The van der Waals surface area contributed by atoms with E-state index in [1.54, 1.807) is 17.2 Å². The molecule has 0 spiro atoms. The molecule has 0 N–H and O–H groups in total. The summed E-state index contributed by atoms with van der Waals surface area (Å²) in [4.78, 5) is 20.9. The number of likely N-dealkylation sites (N-methyl/N-ethyl adjacent to an activating group) is 1. The molecule has 130 valence electrons. The van der Waals surface area contributed by atoms with Crippen molar-refractivity contribution in [2.24, 2.45) is 0 Å².